The number of hydrogen-bond acceptors (Lipinski definition) is 3. The molecule has 0 radical (unpaired) electrons. The van der Waals surface area contributed by atoms with Crippen LogP contribution in [0.5, 0.6) is 0 Å². The van der Waals surface area contributed by atoms with Crippen LogP contribution in [-0.4, -0.2) is 18.0 Å². The Bertz CT molecular complexity index is 700. The first-order valence-corrected chi connectivity index (χ1v) is 7.88. The van der Waals surface area contributed by atoms with Gasteiger partial charge in [-0.1, -0.05) is 24.3 Å². The molecule has 22 heavy (non-hydrogen) atoms. The number of carbonyl (C=O) groups excluding carboxylic acids is 2. The van der Waals surface area contributed by atoms with Crippen LogP contribution in [0.4, 0.5) is 5.69 Å². The summed E-state index contributed by atoms with van der Waals surface area (Å²) in [5, 5.41) is 2.74. The van der Waals surface area contributed by atoms with E-state index < -0.39 is 12.1 Å². The zero-order valence-electron chi connectivity index (χ0n) is 12.3. The molecule has 0 aliphatic rings. The normalized spacial score (nSPS) is 11.6. The third-order valence-electron chi connectivity index (χ3n) is 3.03. The number of nitrogens with one attached hydrogen (secondary N) is 1. The van der Waals surface area contributed by atoms with Crippen molar-refractivity contribution in [1.82, 2.24) is 0 Å². The van der Waals surface area contributed by atoms with Crippen molar-refractivity contribution in [3.05, 3.63) is 63.2 Å². The number of aryl methyl sites for hydroxylation is 1. The van der Waals surface area contributed by atoms with Gasteiger partial charge in [-0.2, -0.15) is 0 Å². The van der Waals surface area contributed by atoms with Crippen molar-refractivity contribution in [1.29, 1.82) is 0 Å². The average molecular weight is 409 g/mol. The SMILES string of the molecule is Cc1cccc(NC(=O)C(C)OC(=O)c2ccccc2I)c1. The van der Waals surface area contributed by atoms with Crippen molar-refractivity contribution >= 4 is 40.2 Å². The highest BCUT2D eigenvalue weighted by atomic mass is 127. The van der Waals surface area contributed by atoms with E-state index in [1.54, 1.807) is 25.1 Å². The number of amides is 1. The first-order chi connectivity index (χ1) is 10.5. The highest BCUT2D eigenvalue weighted by Gasteiger charge is 2.20. The smallest absolute Gasteiger partial charge is 0.339 e. The van der Waals surface area contributed by atoms with E-state index in [4.69, 9.17) is 4.74 Å². The number of rotatable bonds is 4. The summed E-state index contributed by atoms with van der Waals surface area (Å²) in [6, 6.07) is 14.5. The molecule has 2 aromatic rings. The van der Waals surface area contributed by atoms with Crippen LogP contribution in [0.1, 0.15) is 22.8 Å². The van der Waals surface area contributed by atoms with Gasteiger partial charge in [-0.05, 0) is 66.3 Å². The van der Waals surface area contributed by atoms with Gasteiger partial charge in [-0.3, -0.25) is 4.79 Å². The molecule has 0 spiro atoms. The Morgan fingerprint density at radius 2 is 1.86 bits per heavy atom. The monoisotopic (exact) mass is 409 g/mol. The van der Waals surface area contributed by atoms with Crippen LogP contribution in [0, 0.1) is 10.5 Å². The molecule has 0 aliphatic heterocycles. The summed E-state index contributed by atoms with van der Waals surface area (Å²) in [6.45, 7) is 3.50. The Balaban J connectivity index is 1.99. The van der Waals surface area contributed by atoms with Gasteiger partial charge in [-0.15, -0.1) is 0 Å². The van der Waals surface area contributed by atoms with Gasteiger partial charge in [0.05, 0.1) is 5.56 Å². The van der Waals surface area contributed by atoms with Gasteiger partial charge < -0.3 is 10.1 Å². The third-order valence-corrected chi connectivity index (χ3v) is 3.97. The van der Waals surface area contributed by atoms with Crippen molar-refractivity contribution in [2.75, 3.05) is 5.32 Å². The maximum absolute atomic E-state index is 12.1. The topological polar surface area (TPSA) is 55.4 Å². The van der Waals surface area contributed by atoms with Crippen LogP contribution in [0.15, 0.2) is 48.5 Å². The van der Waals surface area contributed by atoms with Gasteiger partial charge in [0.25, 0.3) is 5.91 Å². The standard InChI is InChI=1S/C17H16INO3/c1-11-6-5-7-13(10-11)19-16(20)12(2)22-17(21)14-8-3-4-9-15(14)18/h3-10,12H,1-2H3,(H,19,20). The van der Waals surface area contributed by atoms with E-state index in [1.165, 1.54) is 0 Å². The van der Waals surface area contributed by atoms with Crippen molar-refractivity contribution < 1.29 is 14.3 Å². The predicted octanol–water partition coefficient (Wildman–Crippen LogP) is 3.78. The molecular weight excluding hydrogens is 393 g/mol. The molecule has 1 atom stereocenters. The second kappa shape index (κ2) is 7.40. The number of ether oxygens (including phenoxy) is 1. The van der Waals surface area contributed by atoms with E-state index in [9.17, 15) is 9.59 Å². The number of hydrogen-bond donors (Lipinski definition) is 1. The zero-order chi connectivity index (χ0) is 16.1. The van der Waals surface area contributed by atoms with Gasteiger partial charge in [0.15, 0.2) is 6.10 Å². The number of halogens is 1. The molecule has 2 aromatic carbocycles. The molecular formula is C17H16INO3. The van der Waals surface area contributed by atoms with E-state index in [0.717, 1.165) is 9.13 Å². The average Bonchev–Trinajstić information content (AvgIpc) is 2.47. The first kappa shape index (κ1) is 16.5. The van der Waals surface area contributed by atoms with E-state index in [0.29, 0.717) is 11.3 Å². The maximum atomic E-state index is 12.1. The molecule has 0 aromatic heterocycles. The second-order valence-corrected chi connectivity index (χ2v) is 6.05. The summed E-state index contributed by atoms with van der Waals surface area (Å²) >= 11 is 2.06. The predicted molar refractivity (Wildman–Crippen MR) is 93.8 cm³/mol. The van der Waals surface area contributed by atoms with Crippen molar-refractivity contribution in [2.24, 2.45) is 0 Å². The number of anilines is 1. The van der Waals surface area contributed by atoms with Crippen molar-refractivity contribution in [3.63, 3.8) is 0 Å². The quantitative estimate of drug-likeness (QED) is 0.618. The molecule has 0 saturated carbocycles. The Labute approximate surface area is 143 Å². The molecule has 114 valence electrons. The highest BCUT2D eigenvalue weighted by molar-refractivity contribution is 14.1. The minimum atomic E-state index is -0.871. The van der Waals surface area contributed by atoms with E-state index in [2.05, 4.69) is 27.9 Å². The van der Waals surface area contributed by atoms with Crippen LogP contribution >= 0.6 is 22.6 Å². The molecule has 0 aliphatic carbocycles. The lowest BCUT2D eigenvalue weighted by atomic mass is 10.2. The Morgan fingerprint density at radius 1 is 1.14 bits per heavy atom. The second-order valence-electron chi connectivity index (χ2n) is 4.89. The van der Waals surface area contributed by atoms with Crippen molar-refractivity contribution in [2.45, 2.75) is 20.0 Å². The fourth-order valence-electron chi connectivity index (χ4n) is 1.87. The van der Waals surface area contributed by atoms with Gasteiger partial charge in [0.2, 0.25) is 0 Å². The number of benzene rings is 2. The minimum absolute atomic E-state index is 0.357. The molecule has 2 rings (SSSR count). The maximum Gasteiger partial charge on any atom is 0.339 e. The summed E-state index contributed by atoms with van der Waals surface area (Å²) in [5.74, 6) is -0.859. The third kappa shape index (κ3) is 4.30. The van der Waals surface area contributed by atoms with Gasteiger partial charge in [-0.25, -0.2) is 4.79 Å². The first-order valence-electron chi connectivity index (χ1n) is 6.80. The van der Waals surface area contributed by atoms with E-state index in [1.807, 2.05) is 37.3 Å². The summed E-state index contributed by atoms with van der Waals surface area (Å²) in [5.41, 5.74) is 2.18. The molecule has 0 heterocycles. The molecule has 1 amide bonds. The highest BCUT2D eigenvalue weighted by Crippen LogP contribution is 2.14. The van der Waals surface area contributed by atoms with Crippen LogP contribution in [-0.2, 0) is 9.53 Å². The van der Waals surface area contributed by atoms with Crippen LogP contribution in [0.2, 0.25) is 0 Å². The van der Waals surface area contributed by atoms with Gasteiger partial charge >= 0.3 is 5.97 Å². The van der Waals surface area contributed by atoms with Crippen LogP contribution in [0.25, 0.3) is 0 Å². The Hall–Kier alpha value is -1.89. The fraction of sp³-hybridized carbons (Fsp3) is 0.176. The van der Waals surface area contributed by atoms with E-state index in [-0.39, 0.29) is 5.91 Å². The molecule has 0 saturated heterocycles. The largest absolute Gasteiger partial charge is 0.449 e. The summed E-state index contributed by atoms with van der Waals surface area (Å²) < 4.78 is 6.01. The molecule has 4 nitrogen and oxygen atoms in total. The molecule has 1 N–H and O–H groups in total. The Morgan fingerprint density at radius 3 is 2.55 bits per heavy atom. The van der Waals surface area contributed by atoms with Crippen molar-refractivity contribution in [3.8, 4) is 0 Å². The molecule has 5 heteroatoms. The van der Waals surface area contributed by atoms with Crippen LogP contribution < -0.4 is 5.32 Å². The summed E-state index contributed by atoms with van der Waals surface area (Å²) in [6.07, 6.45) is -0.871. The summed E-state index contributed by atoms with van der Waals surface area (Å²) in [7, 11) is 0. The molecule has 0 fully saturated rings. The summed E-state index contributed by atoms with van der Waals surface area (Å²) in [4.78, 5) is 24.2. The number of carbonyl (C=O) groups is 2. The Kier molecular flexibility index (Phi) is 5.54. The lowest BCUT2D eigenvalue weighted by Gasteiger charge is -2.14. The zero-order valence-corrected chi connectivity index (χ0v) is 14.5. The molecule has 1 unspecified atom stereocenters. The number of esters is 1. The lowest BCUT2D eigenvalue weighted by Crippen LogP contribution is -2.30. The van der Waals surface area contributed by atoms with Crippen LogP contribution in [0.3, 0.4) is 0 Å². The van der Waals surface area contributed by atoms with E-state index >= 15 is 0 Å². The minimum Gasteiger partial charge on any atom is -0.449 e. The van der Waals surface area contributed by atoms with Gasteiger partial charge in [0.1, 0.15) is 0 Å². The lowest BCUT2D eigenvalue weighted by molar-refractivity contribution is -0.123. The van der Waals surface area contributed by atoms with Gasteiger partial charge in [0, 0.05) is 9.26 Å². The fourth-order valence-corrected chi connectivity index (χ4v) is 2.48. The molecule has 0 bridgehead atoms.